The summed E-state index contributed by atoms with van der Waals surface area (Å²) in [6.45, 7) is 0.453. The lowest BCUT2D eigenvalue weighted by molar-refractivity contribution is -0.117. The second-order valence-corrected chi connectivity index (χ2v) is 2.69. The molecule has 72 valence electrons. The maximum absolute atomic E-state index is 10.4. The summed E-state index contributed by atoms with van der Waals surface area (Å²) in [4.78, 5) is 14.4. The summed E-state index contributed by atoms with van der Waals surface area (Å²) in [5.41, 5.74) is 5.46. The number of primary amides is 1. The van der Waals surface area contributed by atoms with Crippen molar-refractivity contribution in [2.45, 2.75) is 6.42 Å². The van der Waals surface area contributed by atoms with Crippen molar-refractivity contribution in [3.8, 4) is 6.07 Å². The molecule has 5 nitrogen and oxygen atoms in total. The third kappa shape index (κ3) is 3.11. The second-order valence-electron chi connectivity index (χ2n) is 2.69. The minimum atomic E-state index is -0.355. The zero-order valence-corrected chi connectivity index (χ0v) is 7.53. The molecule has 3 N–H and O–H groups in total. The molecule has 0 atom stereocenters. The first kappa shape index (κ1) is 9.99. The number of rotatable bonds is 4. The molecule has 0 aromatic carbocycles. The summed E-state index contributed by atoms with van der Waals surface area (Å²) in [6.07, 6.45) is 1.73. The number of carbonyl (C=O) groups is 1. The van der Waals surface area contributed by atoms with Gasteiger partial charge in [0.1, 0.15) is 11.9 Å². The average Bonchev–Trinajstić information content (AvgIpc) is 2.18. The van der Waals surface area contributed by atoms with Gasteiger partial charge in [0, 0.05) is 19.2 Å². The minimum absolute atomic E-state index is 0.266. The van der Waals surface area contributed by atoms with Crippen LogP contribution in [0.2, 0.25) is 0 Å². The van der Waals surface area contributed by atoms with Crippen molar-refractivity contribution >= 4 is 11.7 Å². The van der Waals surface area contributed by atoms with E-state index < -0.39 is 0 Å². The highest BCUT2D eigenvalue weighted by atomic mass is 16.1. The molecule has 0 fully saturated rings. The summed E-state index contributed by atoms with van der Waals surface area (Å²) < 4.78 is 0. The Kier molecular flexibility index (Phi) is 3.44. The third-order valence-electron chi connectivity index (χ3n) is 1.57. The topological polar surface area (TPSA) is 91.8 Å². The van der Waals surface area contributed by atoms with E-state index in [1.807, 2.05) is 6.07 Å². The van der Waals surface area contributed by atoms with Crippen LogP contribution in [0, 0.1) is 11.3 Å². The molecule has 14 heavy (non-hydrogen) atoms. The molecule has 1 amide bonds. The number of nitriles is 1. The Morgan fingerprint density at radius 3 is 2.93 bits per heavy atom. The van der Waals surface area contributed by atoms with Gasteiger partial charge in [-0.1, -0.05) is 0 Å². The second kappa shape index (κ2) is 4.82. The Morgan fingerprint density at radius 1 is 1.64 bits per heavy atom. The number of anilines is 1. The van der Waals surface area contributed by atoms with Gasteiger partial charge in [0.15, 0.2) is 0 Å². The molecular weight excluding hydrogens is 180 g/mol. The lowest BCUT2D eigenvalue weighted by Crippen LogP contribution is -2.16. The van der Waals surface area contributed by atoms with Gasteiger partial charge in [0.05, 0.1) is 5.56 Å². The van der Waals surface area contributed by atoms with E-state index in [1.165, 1.54) is 6.20 Å². The molecule has 0 spiro atoms. The van der Waals surface area contributed by atoms with Crippen molar-refractivity contribution in [2.24, 2.45) is 5.73 Å². The fraction of sp³-hybridized carbons (Fsp3) is 0.222. The van der Waals surface area contributed by atoms with Crippen LogP contribution in [0.4, 0.5) is 5.82 Å². The summed E-state index contributed by atoms with van der Waals surface area (Å²) in [7, 11) is 0. The number of carbonyl (C=O) groups excluding carboxylic acids is 1. The molecule has 0 aliphatic rings. The molecule has 0 radical (unpaired) electrons. The highest BCUT2D eigenvalue weighted by molar-refractivity contribution is 5.74. The van der Waals surface area contributed by atoms with Gasteiger partial charge in [0.25, 0.3) is 0 Å². The van der Waals surface area contributed by atoms with Crippen LogP contribution in [-0.4, -0.2) is 17.4 Å². The standard InChI is InChI=1S/C9H10N4O/c10-5-7-1-2-9(13-6-7)12-4-3-8(11)14/h1-2,6H,3-4H2,(H2,11,14)(H,12,13). The predicted octanol–water partition coefficient (Wildman–Crippen LogP) is 0.241. The Balaban J connectivity index is 2.45. The van der Waals surface area contributed by atoms with Crippen LogP contribution in [0.15, 0.2) is 18.3 Å². The van der Waals surface area contributed by atoms with E-state index in [4.69, 9.17) is 11.0 Å². The molecule has 0 unspecified atom stereocenters. The van der Waals surface area contributed by atoms with Crippen molar-refractivity contribution in [1.29, 1.82) is 5.26 Å². The van der Waals surface area contributed by atoms with Crippen molar-refractivity contribution < 1.29 is 4.79 Å². The van der Waals surface area contributed by atoms with E-state index >= 15 is 0 Å². The number of nitrogens with zero attached hydrogens (tertiary/aromatic N) is 2. The Morgan fingerprint density at radius 2 is 2.43 bits per heavy atom. The van der Waals surface area contributed by atoms with Gasteiger partial charge in [-0.05, 0) is 12.1 Å². The first-order chi connectivity index (χ1) is 6.72. The van der Waals surface area contributed by atoms with Gasteiger partial charge >= 0.3 is 0 Å². The Bertz CT molecular complexity index is 352. The van der Waals surface area contributed by atoms with Crippen LogP contribution in [0.25, 0.3) is 0 Å². The van der Waals surface area contributed by atoms with Crippen molar-refractivity contribution in [3.05, 3.63) is 23.9 Å². The first-order valence-electron chi connectivity index (χ1n) is 4.10. The zero-order valence-electron chi connectivity index (χ0n) is 7.53. The van der Waals surface area contributed by atoms with Gasteiger partial charge in [-0.3, -0.25) is 4.79 Å². The number of pyridine rings is 1. The first-order valence-corrected chi connectivity index (χ1v) is 4.10. The Hall–Kier alpha value is -2.09. The van der Waals surface area contributed by atoms with Gasteiger partial charge in [-0.25, -0.2) is 4.98 Å². The monoisotopic (exact) mass is 190 g/mol. The van der Waals surface area contributed by atoms with E-state index in [-0.39, 0.29) is 12.3 Å². The maximum Gasteiger partial charge on any atom is 0.219 e. The molecule has 0 saturated heterocycles. The summed E-state index contributed by atoms with van der Waals surface area (Å²) in [5.74, 6) is 0.274. The predicted molar refractivity (Wildman–Crippen MR) is 51.3 cm³/mol. The van der Waals surface area contributed by atoms with Crippen LogP contribution in [-0.2, 0) is 4.79 Å². The molecule has 0 aliphatic heterocycles. The quantitative estimate of drug-likeness (QED) is 0.711. The van der Waals surface area contributed by atoms with Crippen molar-refractivity contribution in [3.63, 3.8) is 0 Å². The van der Waals surface area contributed by atoms with E-state index in [9.17, 15) is 4.79 Å². The van der Waals surface area contributed by atoms with Gasteiger partial charge in [-0.15, -0.1) is 0 Å². The van der Waals surface area contributed by atoms with Crippen molar-refractivity contribution in [1.82, 2.24) is 4.98 Å². The van der Waals surface area contributed by atoms with Crippen LogP contribution < -0.4 is 11.1 Å². The Labute approximate surface area is 81.6 Å². The fourth-order valence-corrected chi connectivity index (χ4v) is 0.878. The average molecular weight is 190 g/mol. The fourth-order valence-electron chi connectivity index (χ4n) is 0.878. The summed E-state index contributed by atoms with van der Waals surface area (Å²) in [6, 6.07) is 5.30. The third-order valence-corrected chi connectivity index (χ3v) is 1.57. The molecule has 1 aromatic heterocycles. The molecule has 1 rings (SSSR count). The van der Waals surface area contributed by atoms with Crippen LogP contribution in [0.5, 0.6) is 0 Å². The summed E-state index contributed by atoms with van der Waals surface area (Å²) >= 11 is 0. The highest BCUT2D eigenvalue weighted by Crippen LogP contribution is 2.03. The number of hydrogen-bond acceptors (Lipinski definition) is 4. The molecule has 0 aliphatic carbocycles. The SMILES string of the molecule is N#Cc1ccc(NCCC(N)=O)nc1. The largest absolute Gasteiger partial charge is 0.370 e. The van der Waals surface area contributed by atoms with E-state index in [1.54, 1.807) is 12.1 Å². The van der Waals surface area contributed by atoms with Gasteiger partial charge < -0.3 is 11.1 Å². The number of aromatic nitrogens is 1. The lowest BCUT2D eigenvalue weighted by atomic mass is 10.3. The van der Waals surface area contributed by atoms with Crippen molar-refractivity contribution in [2.75, 3.05) is 11.9 Å². The zero-order chi connectivity index (χ0) is 10.4. The molecular formula is C9H10N4O. The normalized spacial score (nSPS) is 9.07. The van der Waals surface area contributed by atoms with Gasteiger partial charge in [-0.2, -0.15) is 5.26 Å². The van der Waals surface area contributed by atoms with Crippen LogP contribution in [0.3, 0.4) is 0 Å². The summed E-state index contributed by atoms with van der Waals surface area (Å²) in [5, 5.41) is 11.4. The molecule has 0 saturated carbocycles. The van der Waals surface area contributed by atoms with Crippen LogP contribution in [0.1, 0.15) is 12.0 Å². The van der Waals surface area contributed by atoms with E-state index in [0.29, 0.717) is 17.9 Å². The molecule has 1 aromatic rings. The number of nitrogens with one attached hydrogen (secondary N) is 1. The van der Waals surface area contributed by atoms with E-state index in [0.717, 1.165) is 0 Å². The minimum Gasteiger partial charge on any atom is -0.370 e. The van der Waals surface area contributed by atoms with Crippen LogP contribution >= 0.6 is 0 Å². The number of amides is 1. The smallest absolute Gasteiger partial charge is 0.219 e. The van der Waals surface area contributed by atoms with E-state index in [2.05, 4.69) is 10.3 Å². The molecule has 1 heterocycles. The molecule has 0 bridgehead atoms. The highest BCUT2D eigenvalue weighted by Gasteiger charge is 1.96. The van der Waals surface area contributed by atoms with Gasteiger partial charge in [0.2, 0.25) is 5.91 Å². The molecule has 5 heteroatoms. The maximum atomic E-state index is 10.4. The lowest BCUT2D eigenvalue weighted by Gasteiger charge is -2.02. The number of nitrogens with two attached hydrogens (primary N) is 1. The number of hydrogen-bond donors (Lipinski definition) is 2.